The van der Waals surface area contributed by atoms with Crippen molar-refractivity contribution in [2.45, 2.75) is 18.7 Å². The van der Waals surface area contributed by atoms with Crippen LogP contribution in [0.25, 0.3) is 0 Å². The minimum absolute atomic E-state index is 0.0305. The molecule has 1 heterocycles. The quantitative estimate of drug-likeness (QED) is 0.331. The Morgan fingerprint density at radius 1 is 1.00 bits per heavy atom. The lowest BCUT2D eigenvalue weighted by Gasteiger charge is -2.33. The predicted octanol–water partition coefficient (Wildman–Crippen LogP) is 4.88. The van der Waals surface area contributed by atoms with E-state index in [1.54, 1.807) is 19.2 Å². The summed E-state index contributed by atoms with van der Waals surface area (Å²) in [6, 6.07) is 15.2. The summed E-state index contributed by atoms with van der Waals surface area (Å²) in [5.74, 6) is 3.82. The molecule has 36 heavy (non-hydrogen) atoms. The molecule has 5 nitrogen and oxygen atoms in total. The van der Waals surface area contributed by atoms with Crippen molar-refractivity contribution in [1.29, 1.82) is 0 Å². The van der Waals surface area contributed by atoms with E-state index in [9.17, 15) is 18.3 Å². The van der Waals surface area contributed by atoms with Gasteiger partial charge >= 0.3 is 0 Å². The molecule has 0 aliphatic carbocycles. The third-order valence-corrected chi connectivity index (χ3v) is 6.03. The van der Waals surface area contributed by atoms with E-state index >= 15 is 0 Å². The Morgan fingerprint density at radius 2 is 1.78 bits per heavy atom. The van der Waals surface area contributed by atoms with E-state index in [0.29, 0.717) is 16.6 Å². The maximum Gasteiger partial charge on any atom is 0.139 e. The monoisotopic (exact) mass is 554 g/mol. The van der Waals surface area contributed by atoms with Crippen LogP contribution in [0.15, 0.2) is 77.8 Å². The smallest absolute Gasteiger partial charge is 0.139 e. The van der Waals surface area contributed by atoms with E-state index in [4.69, 9.17) is 0 Å². The van der Waals surface area contributed by atoms with Gasteiger partial charge in [0.15, 0.2) is 0 Å². The fourth-order valence-electron chi connectivity index (χ4n) is 3.91. The molecule has 4 rings (SSSR count). The van der Waals surface area contributed by atoms with E-state index in [1.807, 2.05) is 29.2 Å². The first-order valence-corrected chi connectivity index (χ1v) is 11.8. The molecule has 3 aromatic carbocycles. The maximum atomic E-state index is 14.6. The van der Waals surface area contributed by atoms with Crippen molar-refractivity contribution >= 4 is 15.9 Å². The zero-order chi connectivity index (χ0) is 25.7. The molecule has 4 aromatic rings. The van der Waals surface area contributed by atoms with E-state index in [0.717, 1.165) is 23.3 Å². The molecule has 0 amide bonds. The van der Waals surface area contributed by atoms with Gasteiger partial charge in [0.2, 0.25) is 0 Å². The second kappa shape index (κ2) is 11.1. The molecule has 184 valence electrons. The van der Waals surface area contributed by atoms with Gasteiger partial charge in [-0.15, -0.1) is 0 Å². The van der Waals surface area contributed by atoms with Crippen molar-refractivity contribution in [3.05, 3.63) is 117 Å². The molecule has 0 fully saturated rings. The topological polar surface area (TPSA) is 54.2 Å². The first kappa shape index (κ1) is 25.6. The Balaban J connectivity index is 1.48. The predicted molar refractivity (Wildman–Crippen MR) is 133 cm³/mol. The molecule has 0 bridgehead atoms. The maximum absolute atomic E-state index is 14.6. The lowest BCUT2D eigenvalue weighted by molar-refractivity contribution is -0.0175. The summed E-state index contributed by atoms with van der Waals surface area (Å²) in [5, 5.41) is 15.5. The normalized spacial score (nSPS) is 12.8. The fraction of sp³-hybridized carbons (Fsp3) is 0.185. The van der Waals surface area contributed by atoms with Crippen molar-refractivity contribution in [1.82, 2.24) is 19.7 Å². The minimum atomic E-state index is -1.69. The molecule has 1 atom stereocenters. The highest BCUT2D eigenvalue weighted by Crippen LogP contribution is 2.28. The largest absolute Gasteiger partial charge is 0.382 e. The summed E-state index contributed by atoms with van der Waals surface area (Å²) in [6.07, 6.45) is 2.74. The standard InChI is InChI=1S/C27H22BrF3N4O/c1-34(14-20-4-2-19(3-5-20)6-7-21-8-9-22(28)12-25(21)30)15-27(36,16-35-18-32-17-33-35)24-11-10-23(29)13-26(24)31/h2-5,8-13,17-18,36H,14-16H2,1H3. The first-order valence-electron chi connectivity index (χ1n) is 11.0. The van der Waals surface area contributed by atoms with Gasteiger partial charge in [-0.1, -0.05) is 46.0 Å². The van der Waals surface area contributed by atoms with Gasteiger partial charge in [-0.25, -0.2) is 22.8 Å². The summed E-state index contributed by atoms with van der Waals surface area (Å²) < 4.78 is 44.1. The number of hydrogen-bond donors (Lipinski definition) is 1. The molecule has 0 spiro atoms. The molecular formula is C27H22BrF3N4O. The van der Waals surface area contributed by atoms with Gasteiger partial charge in [-0.2, -0.15) is 5.10 Å². The molecule has 0 radical (unpaired) electrons. The number of benzene rings is 3. The van der Waals surface area contributed by atoms with Gasteiger partial charge in [0.05, 0.1) is 12.1 Å². The van der Waals surface area contributed by atoms with Crippen LogP contribution in [0.1, 0.15) is 22.3 Å². The van der Waals surface area contributed by atoms with Crippen LogP contribution in [-0.2, 0) is 18.7 Å². The molecule has 0 aliphatic heterocycles. The van der Waals surface area contributed by atoms with Gasteiger partial charge < -0.3 is 5.11 Å². The van der Waals surface area contributed by atoms with Gasteiger partial charge in [0.25, 0.3) is 0 Å². The van der Waals surface area contributed by atoms with E-state index in [-0.39, 0.29) is 18.7 Å². The molecule has 9 heteroatoms. The van der Waals surface area contributed by atoms with Crippen molar-refractivity contribution in [2.75, 3.05) is 13.6 Å². The number of hydrogen-bond acceptors (Lipinski definition) is 4. The molecule has 1 aromatic heterocycles. The second-order valence-electron chi connectivity index (χ2n) is 8.49. The van der Waals surface area contributed by atoms with Crippen LogP contribution in [0.3, 0.4) is 0 Å². The lowest BCUT2D eigenvalue weighted by atomic mass is 9.92. The van der Waals surface area contributed by atoms with E-state index < -0.39 is 23.1 Å². The van der Waals surface area contributed by atoms with Crippen LogP contribution >= 0.6 is 15.9 Å². The van der Waals surface area contributed by atoms with Gasteiger partial charge in [-0.3, -0.25) is 4.90 Å². The summed E-state index contributed by atoms with van der Waals surface area (Å²) in [7, 11) is 1.79. The number of nitrogens with zero attached hydrogens (tertiary/aromatic N) is 4. The van der Waals surface area contributed by atoms with Gasteiger partial charge in [0, 0.05) is 34.8 Å². The highest BCUT2D eigenvalue weighted by atomic mass is 79.9. The van der Waals surface area contributed by atoms with Crippen LogP contribution in [0.2, 0.25) is 0 Å². The SMILES string of the molecule is CN(Cc1ccc(C#Cc2ccc(Br)cc2F)cc1)CC(O)(Cn1cncn1)c1ccc(F)cc1F. The average molecular weight is 555 g/mol. The van der Waals surface area contributed by atoms with Crippen LogP contribution in [0.5, 0.6) is 0 Å². The van der Waals surface area contributed by atoms with Crippen molar-refractivity contribution < 1.29 is 18.3 Å². The highest BCUT2D eigenvalue weighted by Gasteiger charge is 2.34. The molecule has 1 unspecified atom stereocenters. The average Bonchev–Trinajstić information content (AvgIpc) is 3.32. The molecule has 0 aliphatic rings. The van der Waals surface area contributed by atoms with Crippen molar-refractivity contribution in [3.63, 3.8) is 0 Å². The molecule has 0 saturated heterocycles. The van der Waals surface area contributed by atoms with Crippen LogP contribution in [0.4, 0.5) is 13.2 Å². The fourth-order valence-corrected chi connectivity index (χ4v) is 4.24. The summed E-state index contributed by atoms with van der Waals surface area (Å²) >= 11 is 3.22. The summed E-state index contributed by atoms with van der Waals surface area (Å²) in [6.45, 7) is 0.415. The molecule has 1 N–H and O–H groups in total. The highest BCUT2D eigenvalue weighted by molar-refractivity contribution is 9.10. The third kappa shape index (κ3) is 6.40. The minimum Gasteiger partial charge on any atom is -0.382 e. The van der Waals surface area contributed by atoms with Crippen LogP contribution < -0.4 is 0 Å². The number of likely N-dealkylation sites (N-methyl/N-ethyl adjacent to an activating group) is 1. The molecule has 0 saturated carbocycles. The Morgan fingerprint density at radius 3 is 2.44 bits per heavy atom. The Hall–Kier alpha value is -3.45. The van der Waals surface area contributed by atoms with E-state index in [1.165, 1.54) is 29.5 Å². The second-order valence-corrected chi connectivity index (χ2v) is 9.41. The number of rotatable bonds is 7. The van der Waals surface area contributed by atoms with Crippen LogP contribution in [0, 0.1) is 29.3 Å². The number of aromatic nitrogens is 3. The molecular weight excluding hydrogens is 533 g/mol. The third-order valence-electron chi connectivity index (χ3n) is 5.53. The van der Waals surface area contributed by atoms with E-state index in [2.05, 4.69) is 37.9 Å². The summed E-state index contributed by atoms with van der Waals surface area (Å²) in [5.41, 5.74) is 0.236. The zero-order valence-corrected chi connectivity index (χ0v) is 20.9. The lowest BCUT2D eigenvalue weighted by Crippen LogP contribution is -2.43. The Kier molecular flexibility index (Phi) is 7.89. The van der Waals surface area contributed by atoms with Crippen LogP contribution in [-0.4, -0.2) is 38.4 Å². The van der Waals surface area contributed by atoms with Crippen molar-refractivity contribution in [2.24, 2.45) is 0 Å². The first-order chi connectivity index (χ1) is 17.2. The number of halogens is 4. The van der Waals surface area contributed by atoms with Gasteiger partial charge in [0.1, 0.15) is 35.7 Å². The Labute approximate surface area is 215 Å². The van der Waals surface area contributed by atoms with Gasteiger partial charge in [-0.05, 0) is 49.0 Å². The Bertz CT molecular complexity index is 1400. The zero-order valence-electron chi connectivity index (χ0n) is 19.3. The number of aliphatic hydroxyl groups is 1. The summed E-state index contributed by atoms with van der Waals surface area (Å²) in [4.78, 5) is 5.71. The van der Waals surface area contributed by atoms with Crippen molar-refractivity contribution in [3.8, 4) is 11.8 Å².